The Morgan fingerprint density at radius 3 is 2.62 bits per heavy atom. The molecule has 0 amide bonds. The van der Waals surface area contributed by atoms with E-state index in [0.29, 0.717) is 6.54 Å². The van der Waals surface area contributed by atoms with Crippen LogP contribution >= 0.6 is 0 Å². The highest BCUT2D eigenvalue weighted by atomic mass is 16.6. The first-order chi connectivity index (χ1) is 11.7. The summed E-state index contributed by atoms with van der Waals surface area (Å²) in [5.41, 5.74) is 3.65. The highest BCUT2D eigenvalue weighted by molar-refractivity contribution is 5.66. The molecular formula is C17H13N5O2. The van der Waals surface area contributed by atoms with Gasteiger partial charge in [-0.15, -0.1) is 0 Å². The minimum atomic E-state index is -0.497. The molecule has 0 aliphatic rings. The van der Waals surface area contributed by atoms with Gasteiger partial charge in [-0.1, -0.05) is 36.4 Å². The molecule has 0 bridgehead atoms. The molecule has 1 aromatic carbocycles. The van der Waals surface area contributed by atoms with Crippen LogP contribution in [0.5, 0.6) is 0 Å². The summed E-state index contributed by atoms with van der Waals surface area (Å²) in [6.07, 6.45) is 4.84. The van der Waals surface area contributed by atoms with E-state index in [1.54, 1.807) is 4.57 Å². The lowest BCUT2D eigenvalue weighted by molar-refractivity contribution is -0.389. The fraction of sp³-hybridized carbons (Fsp3) is 0.0588. The summed E-state index contributed by atoms with van der Waals surface area (Å²) in [7, 11) is 0. The van der Waals surface area contributed by atoms with E-state index in [2.05, 4.69) is 4.98 Å². The Kier molecular flexibility index (Phi) is 3.31. The topological polar surface area (TPSA) is 78.3 Å². The molecule has 24 heavy (non-hydrogen) atoms. The van der Waals surface area contributed by atoms with Crippen LogP contribution in [0.25, 0.3) is 16.9 Å². The Balaban J connectivity index is 1.84. The first-order valence-electron chi connectivity index (χ1n) is 7.40. The molecule has 0 saturated carbocycles. The number of benzene rings is 1. The SMILES string of the molecule is O=[N+]([O-])c1cn(Cc2c(-c3ccccc3)nc3ccccn23)cn1. The Hall–Kier alpha value is -3.48. The minimum Gasteiger partial charge on any atom is -0.358 e. The van der Waals surface area contributed by atoms with Crippen LogP contribution in [-0.2, 0) is 6.54 Å². The van der Waals surface area contributed by atoms with Crippen LogP contribution in [0.4, 0.5) is 5.82 Å². The van der Waals surface area contributed by atoms with Gasteiger partial charge in [0.25, 0.3) is 0 Å². The van der Waals surface area contributed by atoms with Gasteiger partial charge < -0.3 is 19.1 Å². The van der Waals surface area contributed by atoms with Gasteiger partial charge >= 0.3 is 5.82 Å². The molecule has 0 aliphatic carbocycles. The maximum Gasteiger partial charge on any atom is 0.381 e. The summed E-state index contributed by atoms with van der Waals surface area (Å²) in [5.74, 6) is -0.162. The van der Waals surface area contributed by atoms with E-state index in [-0.39, 0.29) is 5.82 Å². The first kappa shape index (κ1) is 14.1. The van der Waals surface area contributed by atoms with Crippen molar-refractivity contribution < 1.29 is 4.92 Å². The van der Waals surface area contributed by atoms with Gasteiger partial charge in [-0.2, -0.15) is 0 Å². The average Bonchev–Trinajstić information content (AvgIpc) is 3.22. The van der Waals surface area contributed by atoms with Gasteiger partial charge in [0.1, 0.15) is 11.8 Å². The zero-order valence-corrected chi connectivity index (χ0v) is 12.6. The van der Waals surface area contributed by atoms with Gasteiger partial charge in [0.05, 0.1) is 17.9 Å². The monoisotopic (exact) mass is 319 g/mol. The summed E-state index contributed by atoms with van der Waals surface area (Å²) in [6.45, 7) is 0.441. The van der Waals surface area contributed by atoms with Crippen molar-refractivity contribution in [2.75, 3.05) is 0 Å². The van der Waals surface area contributed by atoms with Crippen molar-refractivity contribution in [3.8, 4) is 11.3 Å². The fourth-order valence-electron chi connectivity index (χ4n) is 2.73. The normalized spacial score (nSPS) is 11.0. The van der Waals surface area contributed by atoms with Crippen LogP contribution in [0.3, 0.4) is 0 Å². The molecule has 0 atom stereocenters. The zero-order valence-electron chi connectivity index (χ0n) is 12.6. The molecule has 118 valence electrons. The number of imidazole rings is 2. The van der Waals surface area contributed by atoms with E-state index in [1.165, 1.54) is 12.5 Å². The molecule has 7 heteroatoms. The molecule has 0 aliphatic heterocycles. The van der Waals surface area contributed by atoms with Crippen LogP contribution in [0, 0.1) is 10.1 Å². The smallest absolute Gasteiger partial charge is 0.358 e. The number of fused-ring (bicyclic) bond motifs is 1. The van der Waals surface area contributed by atoms with Crippen LogP contribution in [0.2, 0.25) is 0 Å². The third kappa shape index (κ3) is 2.41. The van der Waals surface area contributed by atoms with Crippen LogP contribution < -0.4 is 0 Å². The van der Waals surface area contributed by atoms with Gasteiger partial charge in [-0.3, -0.25) is 0 Å². The number of hydrogen-bond acceptors (Lipinski definition) is 4. The molecule has 3 heterocycles. The second kappa shape index (κ2) is 5.62. The van der Waals surface area contributed by atoms with Gasteiger partial charge in [-0.05, 0) is 22.0 Å². The Morgan fingerprint density at radius 2 is 1.88 bits per heavy atom. The third-order valence-electron chi connectivity index (χ3n) is 3.82. The summed E-state index contributed by atoms with van der Waals surface area (Å²) >= 11 is 0. The second-order valence-electron chi connectivity index (χ2n) is 5.36. The maximum atomic E-state index is 10.8. The molecular weight excluding hydrogens is 306 g/mol. The molecule has 0 fully saturated rings. The number of aromatic nitrogens is 4. The zero-order chi connectivity index (χ0) is 16.5. The molecule has 0 spiro atoms. The molecule has 4 rings (SSSR count). The molecule has 0 saturated heterocycles. The van der Waals surface area contributed by atoms with E-state index in [4.69, 9.17) is 4.98 Å². The summed E-state index contributed by atoms with van der Waals surface area (Å²) in [5, 5.41) is 10.8. The summed E-state index contributed by atoms with van der Waals surface area (Å²) in [6, 6.07) is 15.7. The molecule has 7 nitrogen and oxygen atoms in total. The largest absolute Gasteiger partial charge is 0.381 e. The van der Waals surface area contributed by atoms with Crippen LogP contribution in [-0.4, -0.2) is 23.9 Å². The Bertz CT molecular complexity index is 1020. The van der Waals surface area contributed by atoms with E-state index in [1.807, 2.05) is 59.1 Å². The van der Waals surface area contributed by atoms with E-state index >= 15 is 0 Å². The second-order valence-corrected chi connectivity index (χ2v) is 5.36. The summed E-state index contributed by atoms with van der Waals surface area (Å²) in [4.78, 5) is 18.9. The number of nitrogens with zero attached hydrogens (tertiary/aromatic N) is 5. The molecule has 3 aromatic heterocycles. The van der Waals surface area contributed by atoms with Crippen molar-refractivity contribution in [1.29, 1.82) is 0 Å². The number of hydrogen-bond donors (Lipinski definition) is 0. The van der Waals surface area contributed by atoms with Crippen LogP contribution in [0.1, 0.15) is 5.69 Å². The van der Waals surface area contributed by atoms with Crippen molar-refractivity contribution >= 4 is 11.5 Å². The molecule has 0 N–H and O–H groups in total. The highest BCUT2D eigenvalue weighted by Gasteiger charge is 2.16. The van der Waals surface area contributed by atoms with Crippen molar-refractivity contribution in [2.45, 2.75) is 6.54 Å². The molecule has 0 radical (unpaired) electrons. The minimum absolute atomic E-state index is 0.162. The predicted molar refractivity (Wildman–Crippen MR) is 88.6 cm³/mol. The Morgan fingerprint density at radius 1 is 1.08 bits per heavy atom. The van der Waals surface area contributed by atoms with Gasteiger partial charge in [0.2, 0.25) is 6.33 Å². The van der Waals surface area contributed by atoms with Crippen molar-refractivity contribution in [3.63, 3.8) is 0 Å². The lowest BCUT2D eigenvalue weighted by atomic mass is 10.1. The van der Waals surface area contributed by atoms with E-state index in [9.17, 15) is 10.1 Å². The number of pyridine rings is 1. The Labute approximate surface area is 137 Å². The first-order valence-corrected chi connectivity index (χ1v) is 7.40. The standard InChI is InChI=1S/C17H13N5O2/c23-22(24)16-11-20(12-18-16)10-14-17(13-6-2-1-3-7-13)19-15-8-4-5-9-21(14)15/h1-9,11-12H,10H2. The number of nitro groups is 1. The fourth-order valence-corrected chi connectivity index (χ4v) is 2.73. The van der Waals surface area contributed by atoms with Crippen molar-refractivity contribution in [1.82, 2.24) is 18.9 Å². The van der Waals surface area contributed by atoms with Crippen molar-refractivity contribution in [2.24, 2.45) is 0 Å². The quantitative estimate of drug-likeness (QED) is 0.427. The molecule has 0 unspecified atom stereocenters. The predicted octanol–water partition coefficient (Wildman–Crippen LogP) is 3.15. The average molecular weight is 319 g/mol. The van der Waals surface area contributed by atoms with E-state index < -0.39 is 4.92 Å². The highest BCUT2D eigenvalue weighted by Crippen LogP contribution is 2.25. The third-order valence-corrected chi connectivity index (χ3v) is 3.82. The molecule has 4 aromatic rings. The van der Waals surface area contributed by atoms with Gasteiger partial charge in [0.15, 0.2) is 0 Å². The lowest BCUT2D eigenvalue weighted by Gasteiger charge is -2.05. The summed E-state index contributed by atoms with van der Waals surface area (Å²) < 4.78 is 3.69. The lowest BCUT2D eigenvalue weighted by Crippen LogP contribution is -2.02. The maximum absolute atomic E-state index is 10.8. The number of rotatable bonds is 4. The van der Waals surface area contributed by atoms with Gasteiger partial charge in [0, 0.05) is 11.8 Å². The van der Waals surface area contributed by atoms with Crippen LogP contribution in [0.15, 0.2) is 67.3 Å². The van der Waals surface area contributed by atoms with Crippen molar-refractivity contribution in [3.05, 3.63) is 83.1 Å². The van der Waals surface area contributed by atoms with E-state index in [0.717, 1.165) is 22.6 Å². The van der Waals surface area contributed by atoms with Gasteiger partial charge in [-0.25, -0.2) is 4.98 Å².